The molecule has 0 atom stereocenters. The molecule has 32 heavy (non-hydrogen) atoms. The Morgan fingerprint density at radius 1 is 1.00 bits per heavy atom. The van der Waals surface area contributed by atoms with E-state index >= 15 is 0 Å². The molecule has 0 unspecified atom stereocenters. The summed E-state index contributed by atoms with van der Waals surface area (Å²) in [6.07, 6.45) is 1.61. The molecule has 1 fully saturated rings. The number of carbonyl (C=O) groups is 1. The zero-order chi connectivity index (χ0) is 22.7. The average molecular weight is 469 g/mol. The molecule has 0 aliphatic carbocycles. The van der Waals surface area contributed by atoms with E-state index in [2.05, 4.69) is 42.2 Å². The van der Waals surface area contributed by atoms with E-state index in [4.69, 9.17) is 16.6 Å². The van der Waals surface area contributed by atoms with E-state index in [1.807, 2.05) is 41.3 Å². The van der Waals surface area contributed by atoms with Gasteiger partial charge in [-0.3, -0.25) is 4.79 Å². The van der Waals surface area contributed by atoms with E-state index in [0.717, 1.165) is 53.2 Å². The first-order valence-corrected chi connectivity index (χ1v) is 12.2. The number of nitrogens with zero attached hydrogens (tertiary/aromatic N) is 4. The minimum atomic E-state index is 0.0822. The van der Waals surface area contributed by atoms with E-state index in [0.29, 0.717) is 13.0 Å². The lowest BCUT2D eigenvalue weighted by atomic mass is 9.86. The highest BCUT2D eigenvalue weighted by Crippen LogP contribution is 2.24. The fourth-order valence-corrected chi connectivity index (χ4v) is 4.70. The number of rotatable bonds is 4. The van der Waals surface area contributed by atoms with Crippen molar-refractivity contribution in [1.82, 2.24) is 14.3 Å². The molecule has 1 aromatic heterocycles. The molecule has 1 amide bonds. The van der Waals surface area contributed by atoms with Crippen LogP contribution in [0, 0.1) is 0 Å². The van der Waals surface area contributed by atoms with Gasteiger partial charge >= 0.3 is 0 Å². The minimum absolute atomic E-state index is 0.0822. The topological polar surface area (TPSA) is 49.3 Å². The van der Waals surface area contributed by atoms with Crippen molar-refractivity contribution in [2.75, 3.05) is 31.1 Å². The van der Waals surface area contributed by atoms with Crippen molar-refractivity contribution >= 4 is 34.2 Å². The van der Waals surface area contributed by atoms with Crippen LogP contribution < -0.4 is 4.90 Å². The van der Waals surface area contributed by atoms with E-state index in [1.165, 1.54) is 17.1 Å². The molecule has 0 radical (unpaired) electrons. The Balaban J connectivity index is 1.37. The summed E-state index contributed by atoms with van der Waals surface area (Å²) in [4.78, 5) is 22.0. The number of amides is 1. The summed E-state index contributed by atoms with van der Waals surface area (Å²) in [7, 11) is 0. The van der Waals surface area contributed by atoms with Gasteiger partial charge in [-0.05, 0) is 47.2 Å². The maximum Gasteiger partial charge on any atom is 0.253 e. The Morgan fingerprint density at radius 2 is 1.72 bits per heavy atom. The fraction of sp³-hybridized carbons (Fsp3) is 0.400. The molecule has 1 saturated heterocycles. The number of benzene rings is 2. The fourth-order valence-electron chi connectivity index (χ4n) is 3.84. The van der Waals surface area contributed by atoms with Crippen LogP contribution in [0.25, 0.3) is 0 Å². The number of aromatic nitrogens is 2. The van der Waals surface area contributed by atoms with Crippen LogP contribution in [0.2, 0.25) is 5.02 Å². The second-order valence-corrected chi connectivity index (χ2v) is 10.4. The zero-order valence-electron chi connectivity index (χ0n) is 18.8. The molecule has 1 aliphatic heterocycles. The highest BCUT2D eigenvalue weighted by molar-refractivity contribution is 7.09. The summed E-state index contributed by atoms with van der Waals surface area (Å²) in [6.45, 7) is 9.63. The first-order chi connectivity index (χ1) is 15.3. The first kappa shape index (κ1) is 22.7. The van der Waals surface area contributed by atoms with Gasteiger partial charge in [-0.1, -0.05) is 56.6 Å². The number of anilines is 1. The number of hydrogen-bond donors (Lipinski definition) is 0. The SMILES string of the molecule is CC(C)(C)c1ccc(C(=O)N2CCCN(c3nc(Cc4ccc(Cl)cc4)ns3)CC2)cc1. The van der Waals surface area contributed by atoms with Crippen molar-refractivity contribution in [1.29, 1.82) is 0 Å². The molecule has 2 aromatic carbocycles. The predicted molar refractivity (Wildman–Crippen MR) is 132 cm³/mol. The van der Waals surface area contributed by atoms with Gasteiger partial charge in [-0.2, -0.15) is 4.37 Å². The molecular formula is C25H29ClN4OS. The summed E-state index contributed by atoms with van der Waals surface area (Å²) in [5, 5.41) is 1.66. The maximum absolute atomic E-state index is 13.1. The lowest BCUT2D eigenvalue weighted by Gasteiger charge is -2.23. The molecule has 1 aliphatic rings. The Labute approximate surface area is 199 Å². The van der Waals surface area contributed by atoms with Crippen molar-refractivity contribution in [2.24, 2.45) is 0 Å². The van der Waals surface area contributed by atoms with Crippen LogP contribution in [-0.4, -0.2) is 46.3 Å². The first-order valence-electron chi connectivity index (χ1n) is 11.0. The van der Waals surface area contributed by atoms with Gasteiger partial charge in [0.1, 0.15) is 5.82 Å². The van der Waals surface area contributed by atoms with Gasteiger partial charge in [-0.15, -0.1) is 0 Å². The van der Waals surface area contributed by atoms with Gasteiger partial charge in [0.2, 0.25) is 5.13 Å². The van der Waals surface area contributed by atoms with Crippen molar-refractivity contribution in [3.05, 3.63) is 76.1 Å². The second kappa shape index (κ2) is 9.59. The molecule has 5 nitrogen and oxygen atoms in total. The van der Waals surface area contributed by atoms with E-state index < -0.39 is 0 Å². The van der Waals surface area contributed by atoms with Crippen LogP contribution in [-0.2, 0) is 11.8 Å². The van der Waals surface area contributed by atoms with Crippen molar-refractivity contribution in [3.8, 4) is 0 Å². The number of hydrogen-bond acceptors (Lipinski definition) is 5. The van der Waals surface area contributed by atoms with Crippen LogP contribution in [0.1, 0.15) is 54.5 Å². The highest BCUT2D eigenvalue weighted by Gasteiger charge is 2.23. The molecule has 0 N–H and O–H groups in total. The Morgan fingerprint density at radius 3 is 2.41 bits per heavy atom. The second-order valence-electron chi connectivity index (χ2n) is 9.26. The van der Waals surface area contributed by atoms with Crippen LogP contribution in [0.4, 0.5) is 5.13 Å². The van der Waals surface area contributed by atoms with Gasteiger partial charge in [0.25, 0.3) is 5.91 Å². The van der Waals surface area contributed by atoms with E-state index in [9.17, 15) is 4.79 Å². The summed E-state index contributed by atoms with van der Waals surface area (Å²) >= 11 is 7.40. The largest absolute Gasteiger partial charge is 0.345 e. The van der Waals surface area contributed by atoms with Gasteiger partial charge in [0.15, 0.2) is 0 Å². The molecule has 3 aromatic rings. The van der Waals surface area contributed by atoms with Crippen LogP contribution in [0.5, 0.6) is 0 Å². The van der Waals surface area contributed by atoms with Gasteiger partial charge < -0.3 is 9.80 Å². The quantitative estimate of drug-likeness (QED) is 0.512. The molecule has 0 saturated carbocycles. The van der Waals surface area contributed by atoms with Gasteiger partial charge in [0, 0.05) is 54.7 Å². The van der Waals surface area contributed by atoms with Crippen LogP contribution in [0.15, 0.2) is 48.5 Å². The Kier molecular flexibility index (Phi) is 6.82. The lowest BCUT2D eigenvalue weighted by molar-refractivity contribution is 0.0767. The normalized spacial score (nSPS) is 15.0. The van der Waals surface area contributed by atoms with Gasteiger partial charge in [0.05, 0.1) is 0 Å². The van der Waals surface area contributed by atoms with Crippen LogP contribution in [0.3, 0.4) is 0 Å². The van der Waals surface area contributed by atoms with Crippen molar-refractivity contribution in [2.45, 2.75) is 39.0 Å². The highest BCUT2D eigenvalue weighted by atomic mass is 35.5. The summed E-state index contributed by atoms with van der Waals surface area (Å²) in [6, 6.07) is 15.8. The lowest BCUT2D eigenvalue weighted by Crippen LogP contribution is -2.35. The molecule has 7 heteroatoms. The smallest absolute Gasteiger partial charge is 0.253 e. The number of carbonyl (C=O) groups excluding carboxylic acids is 1. The van der Waals surface area contributed by atoms with E-state index in [-0.39, 0.29) is 11.3 Å². The molecule has 0 spiro atoms. The third-order valence-electron chi connectivity index (χ3n) is 5.78. The summed E-state index contributed by atoms with van der Waals surface area (Å²) < 4.78 is 4.54. The van der Waals surface area contributed by atoms with Crippen molar-refractivity contribution < 1.29 is 4.79 Å². The van der Waals surface area contributed by atoms with Crippen LogP contribution >= 0.6 is 23.1 Å². The zero-order valence-corrected chi connectivity index (χ0v) is 20.4. The van der Waals surface area contributed by atoms with Gasteiger partial charge in [-0.25, -0.2) is 4.98 Å². The van der Waals surface area contributed by atoms with Crippen molar-refractivity contribution in [3.63, 3.8) is 0 Å². The maximum atomic E-state index is 13.1. The van der Waals surface area contributed by atoms with E-state index in [1.54, 1.807) is 0 Å². The summed E-state index contributed by atoms with van der Waals surface area (Å²) in [5.74, 6) is 0.927. The standard InChI is InChI=1S/C25H29ClN4OS/c1-25(2,3)20-9-7-19(8-10-20)23(31)29-13-4-14-30(16-15-29)24-27-22(28-32-24)17-18-5-11-21(26)12-6-18/h5-12H,4,13-17H2,1-3H3. The Bertz CT molecular complexity index is 1060. The Hall–Kier alpha value is -2.44. The molecular weight excluding hydrogens is 440 g/mol. The monoisotopic (exact) mass is 468 g/mol. The third kappa shape index (κ3) is 5.48. The average Bonchev–Trinajstić information content (AvgIpc) is 3.09. The number of halogens is 1. The molecule has 168 valence electrons. The minimum Gasteiger partial charge on any atom is -0.345 e. The molecule has 0 bridgehead atoms. The molecule has 2 heterocycles. The third-order valence-corrected chi connectivity index (χ3v) is 6.85. The summed E-state index contributed by atoms with van der Waals surface area (Å²) in [5.41, 5.74) is 3.22. The molecule has 4 rings (SSSR count). The predicted octanol–water partition coefficient (Wildman–Crippen LogP) is 5.43.